The summed E-state index contributed by atoms with van der Waals surface area (Å²) < 4.78 is 0. The fourth-order valence-corrected chi connectivity index (χ4v) is 3.30. The molecular formula is C13H20N2S. The van der Waals surface area contributed by atoms with Crippen molar-refractivity contribution in [2.45, 2.75) is 24.8 Å². The van der Waals surface area contributed by atoms with Crippen LogP contribution in [-0.2, 0) is 0 Å². The Morgan fingerprint density at radius 2 is 1.94 bits per heavy atom. The lowest BCUT2D eigenvalue weighted by Crippen LogP contribution is -2.33. The molecule has 3 heteroatoms. The molecular weight excluding hydrogens is 216 g/mol. The van der Waals surface area contributed by atoms with Gasteiger partial charge in [0.15, 0.2) is 0 Å². The molecule has 1 N–H and O–H groups in total. The lowest BCUT2D eigenvalue weighted by atomic mass is 10.1. The molecule has 2 nitrogen and oxygen atoms in total. The van der Waals surface area contributed by atoms with Gasteiger partial charge in [-0.2, -0.15) is 0 Å². The maximum absolute atomic E-state index is 3.63. The fraction of sp³-hybridized carbons (Fsp3) is 0.538. The van der Waals surface area contributed by atoms with Gasteiger partial charge >= 0.3 is 0 Å². The second-order valence-corrected chi connectivity index (χ2v) is 5.81. The summed E-state index contributed by atoms with van der Waals surface area (Å²) in [5.41, 5.74) is 2.65. The van der Waals surface area contributed by atoms with E-state index in [1.54, 1.807) is 0 Å². The van der Waals surface area contributed by atoms with Gasteiger partial charge in [0, 0.05) is 25.8 Å². The number of benzene rings is 1. The molecule has 0 bridgehead atoms. The zero-order chi connectivity index (χ0) is 11.5. The third-order valence-electron chi connectivity index (χ3n) is 2.98. The molecule has 0 aliphatic carbocycles. The second-order valence-electron chi connectivity index (χ2n) is 4.59. The molecule has 16 heavy (non-hydrogen) atoms. The Morgan fingerprint density at radius 3 is 2.50 bits per heavy atom. The molecule has 1 aliphatic heterocycles. The van der Waals surface area contributed by atoms with Crippen LogP contribution in [0.5, 0.6) is 0 Å². The molecule has 1 aromatic rings. The Bertz CT molecular complexity index is 334. The number of nitrogens with one attached hydrogen (secondary N) is 1. The molecule has 2 atom stereocenters. The third-order valence-corrected chi connectivity index (χ3v) is 4.20. The summed E-state index contributed by atoms with van der Waals surface area (Å²) in [7, 11) is 4.15. The van der Waals surface area contributed by atoms with Crippen LogP contribution in [0.25, 0.3) is 0 Å². The molecule has 88 valence electrons. The minimum Gasteiger partial charge on any atom is -0.378 e. The van der Waals surface area contributed by atoms with Crippen molar-refractivity contribution in [3.63, 3.8) is 0 Å². The third kappa shape index (κ3) is 2.71. The quantitative estimate of drug-likeness (QED) is 0.850. The van der Waals surface area contributed by atoms with Gasteiger partial charge in [-0.25, -0.2) is 0 Å². The monoisotopic (exact) mass is 236 g/mol. The summed E-state index contributed by atoms with van der Waals surface area (Å²) >= 11 is 2.01. The van der Waals surface area contributed by atoms with Crippen molar-refractivity contribution in [3.05, 3.63) is 29.8 Å². The van der Waals surface area contributed by atoms with Gasteiger partial charge < -0.3 is 4.90 Å². The van der Waals surface area contributed by atoms with Crippen LogP contribution in [-0.4, -0.2) is 25.9 Å². The molecule has 1 aromatic carbocycles. The molecule has 2 rings (SSSR count). The summed E-state index contributed by atoms with van der Waals surface area (Å²) in [5, 5.41) is 4.10. The van der Waals surface area contributed by atoms with Crippen LogP contribution in [0.2, 0.25) is 0 Å². The molecule has 1 heterocycles. The van der Waals surface area contributed by atoms with E-state index >= 15 is 0 Å². The molecule has 1 saturated heterocycles. The normalized spacial score (nSPS) is 25.4. The first kappa shape index (κ1) is 11.8. The number of hydrogen-bond donors (Lipinski definition) is 1. The van der Waals surface area contributed by atoms with Crippen molar-refractivity contribution in [1.29, 1.82) is 0 Å². The van der Waals surface area contributed by atoms with Crippen LogP contribution in [0.3, 0.4) is 0 Å². The predicted molar refractivity (Wildman–Crippen MR) is 73.2 cm³/mol. The highest BCUT2D eigenvalue weighted by Crippen LogP contribution is 2.32. The molecule has 0 amide bonds. The smallest absolute Gasteiger partial charge is 0.0791 e. The van der Waals surface area contributed by atoms with E-state index in [9.17, 15) is 0 Å². The van der Waals surface area contributed by atoms with Crippen LogP contribution in [0.1, 0.15) is 24.3 Å². The van der Waals surface area contributed by atoms with Gasteiger partial charge in [0.2, 0.25) is 0 Å². The van der Waals surface area contributed by atoms with Crippen LogP contribution < -0.4 is 10.2 Å². The minimum absolute atomic E-state index is 0.472. The van der Waals surface area contributed by atoms with E-state index in [1.165, 1.54) is 23.4 Å². The number of nitrogens with zero attached hydrogens (tertiary/aromatic N) is 1. The van der Waals surface area contributed by atoms with E-state index in [0.717, 1.165) is 0 Å². The van der Waals surface area contributed by atoms with E-state index in [-0.39, 0.29) is 0 Å². The van der Waals surface area contributed by atoms with Gasteiger partial charge in [0.1, 0.15) is 0 Å². The Morgan fingerprint density at radius 1 is 1.25 bits per heavy atom. The first-order valence-electron chi connectivity index (χ1n) is 5.82. The highest BCUT2D eigenvalue weighted by atomic mass is 32.2. The Kier molecular flexibility index (Phi) is 3.77. The second kappa shape index (κ2) is 5.11. The van der Waals surface area contributed by atoms with Crippen LogP contribution in [0.15, 0.2) is 24.3 Å². The Labute approximate surface area is 102 Å². The van der Waals surface area contributed by atoms with Gasteiger partial charge in [-0.05, 0) is 36.8 Å². The predicted octanol–water partition coefficient (Wildman–Crippen LogP) is 2.87. The van der Waals surface area contributed by atoms with Gasteiger partial charge in [0.05, 0.1) is 5.37 Å². The first-order chi connectivity index (χ1) is 7.66. The fourth-order valence-electron chi connectivity index (χ4n) is 1.89. The van der Waals surface area contributed by atoms with Crippen molar-refractivity contribution in [2.24, 2.45) is 0 Å². The van der Waals surface area contributed by atoms with Gasteiger partial charge in [-0.3, -0.25) is 5.32 Å². The maximum atomic E-state index is 3.63. The van der Waals surface area contributed by atoms with Crippen LogP contribution in [0.4, 0.5) is 5.69 Å². The van der Waals surface area contributed by atoms with Gasteiger partial charge in [-0.1, -0.05) is 12.1 Å². The summed E-state index contributed by atoms with van der Waals surface area (Å²) in [6.45, 7) is 2.26. The van der Waals surface area contributed by atoms with Crippen molar-refractivity contribution in [3.8, 4) is 0 Å². The molecule has 0 aromatic heterocycles. The van der Waals surface area contributed by atoms with Crippen molar-refractivity contribution in [2.75, 3.05) is 24.7 Å². The topological polar surface area (TPSA) is 15.3 Å². The minimum atomic E-state index is 0.472. The van der Waals surface area contributed by atoms with Crippen molar-refractivity contribution < 1.29 is 0 Å². The van der Waals surface area contributed by atoms with Crippen molar-refractivity contribution >= 4 is 17.4 Å². The number of anilines is 1. The average molecular weight is 236 g/mol. The molecule has 2 unspecified atom stereocenters. The lowest BCUT2D eigenvalue weighted by Gasteiger charge is -2.28. The van der Waals surface area contributed by atoms with E-state index in [2.05, 4.69) is 55.5 Å². The van der Waals surface area contributed by atoms with Crippen LogP contribution >= 0.6 is 11.8 Å². The number of hydrogen-bond acceptors (Lipinski definition) is 3. The molecule has 0 saturated carbocycles. The molecule has 0 spiro atoms. The molecule has 1 aliphatic rings. The molecule has 0 radical (unpaired) electrons. The lowest BCUT2D eigenvalue weighted by molar-refractivity contribution is 0.512. The highest BCUT2D eigenvalue weighted by Gasteiger charge is 2.19. The summed E-state index contributed by atoms with van der Waals surface area (Å²) in [6.07, 6.45) is 1.27. The number of thioether (sulfide) groups is 1. The van der Waals surface area contributed by atoms with E-state index in [4.69, 9.17) is 0 Å². The maximum Gasteiger partial charge on any atom is 0.0791 e. The highest BCUT2D eigenvalue weighted by molar-refractivity contribution is 7.99. The average Bonchev–Trinajstić information content (AvgIpc) is 2.29. The summed E-state index contributed by atoms with van der Waals surface area (Å²) in [6, 6.07) is 9.49. The van der Waals surface area contributed by atoms with Crippen molar-refractivity contribution in [1.82, 2.24) is 5.32 Å². The Hall–Kier alpha value is -0.670. The number of rotatable bonds is 2. The zero-order valence-electron chi connectivity index (χ0n) is 10.2. The van der Waals surface area contributed by atoms with Gasteiger partial charge in [-0.15, -0.1) is 11.8 Å². The largest absolute Gasteiger partial charge is 0.378 e. The first-order valence-corrected chi connectivity index (χ1v) is 6.86. The SMILES string of the molecule is CC1CCSC(c2ccc(N(C)C)cc2)N1. The summed E-state index contributed by atoms with van der Waals surface area (Å²) in [4.78, 5) is 2.13. The van der Waals surface area contributed by atoms with Crippen LogP contribution in [0, 0.1) is 0 Å². The molecule has 1 fully saturated rings. The summed E-state index contributed by atoms with van der Waals surface area (Å²) in [5.74, 6) is 1.26. The van der Waals surface area contributed by atoms with Gasteiger partial charge in [0.25, 0.3) is 0 Å². The van der Waals surface area contributed by atoms with E-state index in [0.29, 0.717) is 11.4 Å². The van der Waals surface area contributed by atoms with E-state index < -0.39 is 0 Å². The standard InChI is InChI=1S/C13H20N2S/c1-10-8-9-16-13(14-10)11-4-6-12(7-5-11)15(2)3/h4-7,10,13-14H,8-9H2,1-3H3. The zero-order valence-corrected chi connectivity index (χ0v) is 11.1. The Balaban J connectivity index is 2.09. The van der Waals surface area contributed by atoms with E-state index in [1.807, 2.05) is 11.8 Å².